The van der Waals surface area contributed by atoms with Crippen LogP contribution in [0, 0.1) is 13.8 Å². The standard InChI is InChI=1S/C38H52N4O5/c1-7-8-9-10-11-14-24-42(36(45)32(22-23-33(39)43)41-37(46)47-38(4,5)6)34(31-19-15-16-26(2)27(31)3)35(44)40-30-21-20-28-17-12-13-18-29(28)25-30/h12-13,15-21,25,32,34H,7-11,14,22-24H2,1-6H3,(H2,39,43)(H,40,44)(H,41,46). The van der Waals surface area contributed by atoms with E-state index in [0.29, 0.717) is 17.7 Å². The summed E-state index contributed by atoms with van der Waals surface area (Å²) in [5, 5.41) is 7.77. The van der Waals surface area contributed by atoms with Crippen LogP contribution in [0.1, 0.15) is 102 Å². The van der Waals surface area contributed by atoms with E-state index in [-0.39, 0.29) is 25.3 Å². The zero-order chi connectivity index (χ0) is 34.6. The molecule has 0 aliphatic heterocycles. The number of benzene rings is 3. The van der Waals surface area contributed by atoms with E-state index >= 15 is 0 Å². The summed E-state index contributed by atoms with van der Waals surface area (Å²) in [4.78, 5) is 55.3. The minimum atomic E-state index is -1.14. The van der Waals surface area contributed by atoms with Crippen molar-refractivity contribution in [3.05, 3.63) is 77.4 Å². The van der Waals surface area contributed by atoms with Crippen molar-refractivity contribution in [2.45, 2.75) is 111 Å². The van der Waals surface area contributed by atoms with Gasteiger partial charge in [0.15, 0.2) is 0 Å². The van der Waals surface area contributed by atoms with Gasteiger partial charge < -0.3 is 26.0 Å². The van der Waals surface area contributed by atoms with Gasteiger partial charge in [-0.25, -0.2) is 4.79 Å². The van der Waals surface area contributed by atoms with Gasteiger partial charge in [-0.3, -0.25) is 14.4 Å². The number of anilines is 1. The summed E-state index contributed by atoms with van der Waals surface area (Å²) in [5.74, 6) is -1.46. The summed E-state index contributed by atoms with van der Waals surface area (Å²) in [6.45, 7) is 11.5. The molecule has 47 heavy (non-hydrogen) atoms. The predicted molar refractivity (Wildman–Crippen MR) is 188 cm³/mol. The number of primary amides is 1. The van der Waals surface area contributed by atoms with E-state index in [2.05, 4.69) is 17.6 Å². The summed E-state index contributed by atoms with van der Waals surface area (Å²) in [6, 6.07) is 17.2. The van der Waals surface area contributed by atoms with Crippen LogP contribution in [0.3, 0.4) is 0 Å². The van der Waals surface area contributed by atoms with Gasteiger partial charge in [-0.15, -0.1) is 0 Å². The first kappa shape index (κ1) is 37.1. The van der Waals surface area contributed by atoms with Crippen LogP contribution in [0.5, 0.6) is 0 Å². The molecule has 0 saturated carbocycles. The maximum atomic E-state index is 14.6. The number of rotatable bonds is 16. The van der Waals surface area contributed by atoms with Gasteiger partial charge >= 0.3 is 6.09 Å². The highest BCUT2D eigenvalue weighted by atomic mass is 16.6. The van der Waals surface area contributed by atoms with Crippen molar-refractivity contribution < 1.29 is 23.9 Å². The van der Waals surface area contributed by atoms with Gasteiger partial charge in [-0.2, -0.15) is 0 Å². The number of alkyl carbamates (subject to hydrolysis) is 1. The molecule has 2 unspecified atom stereocenters. The quantitative estimate of drug-likeness (QED) is 0.139. The van der Waals surface area contributed by atoms with Crippen molar-refractivity contribution in [2.75, 3.05) is 11.9 Å². The maximum Gasteiger partial charge on any atom is 0.408 e. The molecule has 0 fully saturated rings. The second-order valence-electron chi connectivity index (χ2n) is 13.2. The molecule has 3 rings (SSSR count). The third kappa shape index (κ3) is 11.4. The van der Waals surface area contributed by atoms with Crippen LogP contribution in [-0.2, 0) is 19.1 Å². The summed E-state index contributed by atoms with van der Waals surface area (Å²) in [5.41, 5.74) is 7.84. The number of nitrogens with one attached hydrogen (secondary N) is 2. The summed E-state index contributed by atoms with van der Waals surface area (Å²) in [7, 11) is 0. The molecule has 0 spiro atoms. The van der Waals surface area contributed by atoms with E-state index in [4.69, 9.17) is 10.5 Å². The summed E-state index contributed by atoms with van der Waals surface area (Å²) in [6.07, 6.45) is 4.94. The molecular formula is C38H52N4O5. The van der Waals surface area contributed by atoms with E-state index in [1.807, 2.05) is 74.5 Å². The lowest BCUT2D eigenvalue weighted by Gasteiger charge is -2.35. The van der Waals surface area contributed by atoms with Crippen LogP contribution >= 0.6 is 0 Å². The van der Waals surface area contributed by atoms with Crippen molar-refractivity contribution in [3.8, 4) is 0 Å². The third-order valence-corrected chi connectivity index (χ3v) is 8.22. The third-order valence-electron chi connectivity index (χ3n) is 8.22. The molecule has 4 N–H and O–H groups in total. The molecule has 0 heterocycles. The first-order valence-corrected chi connectivity index (χ1v) is 16.7. The largest absolute Gasteiger partial charge is 0.444 e. The highest BCUT2D eigenvalue weighted by Gasteiger charge is 2.37. The zero-order valence-electron chi connectivity index (χ0n) is 28.9. The van der Waals surface area contributed by atoms with Crippen molar-refractivity contribution in [2.24, 2.45) is 5.73 Å². The Kier molecular flexibility index (Phi) is 13.8. The molecular weight excluding hydrogens is 592 g/mol. The Balaban J connectivity index is 2.07. The van der Waals surface area contributed by atoms with E-state index in [1.165, 1.54) is 0 Å². The first-order chi connectivity index (χ1) is 22.3. The first-order valence-electron chi connectivity index (χ1n) is 16.7. The number of fused-ring (bicyclic) bond motifs is 1. The van der Waals surface area contributed by atoms with Crippen LogP contribution in [0.2, 0.25) is 0 Å². The Morgan fingerprint density at radius 3 is 2.23 bits per heavy atom. The normalized spacial score (nSPS) is 12.6. The van der Waals surface area contributed by atoms with Crippen LogP contribution in [0.4, 0.5) is 10.5 Å². The minimum absolute atomic E-state index is 0.0355. The second kappa shape index (κ2) is 17.5. The van der Waals surface area contributed by atoms with Crippen LogP contribution in [-0.4, -0.2) is 46.9 Å². The van der Waals surface area contributed by atoms with E-state index < -0.39 is 35.6 Å². The number of amides is 4. The number of hydrogen-bond donors (Lipinski definition) is 3. The van der Waals surface area contributed by atoms with Crippen LogP contribution in [0.15, 0.2) is 60.7 Å². The fourth-order valence-electron chi connectivity index (χ4n) is 5.62. The van der Waals surface area contributed by atoms with Gasteiger partial charge in [0.05, 0.1) is 0 Å². The van der Waals surface area contributed by atoms with Gasteiger partial charge in [0.1, 0.15) is 17.7 Å². The molecule has 3 aromatic carbocycles. The number of aryl methyl sites for hydroxylation is 1. The van der Waals surface area contributed by atoms with Crippen LogP contribution < -0.4 is 16.4 Å². The SMILES string of the molecule is CCCCCCCCN(C(=O)C(CCC(N)=O)NC(=O)OC(C)(C)C)C(C(=O)Nc1ccc2ccccc2c1)c1cccc(C)c1C. The predicted octanol–water partition coefficient (Wildman–Crippen LogP) is 7.48. The lowest BCUT2D eigenvalue weighted by Crippen LogP contribution is -2.53. The Labute approximate surface area is 279 Å². The smallest absolute Gasteiger partial charge is 0.408 e. The number of carbonyl (C=O) groups excluding carboxylic acids is 4. The highest BCUT2D eigenvalue weighted by Crippen LogP contribution is 2.30. The van der Waals surface area contributed by atoms with Crippen molar-refractivity contribution in [3.63, 3.8) is 0 Å². The topological polar surface area (TPSA) is 131 Å². The molecule has 9 heteroatoms. The molecule has 0 saturated heterocycles. The van der Waals surface area contributed by atoms with Crippen molar-refractivity contribution in [1.82, 2.24) is 10.2 Å². The number of carbonyl (C=O) groups is 4. The molecule has 0 aromatic heterocycles. The lowest BCUT2D eigenvalue weighted by molar-refractivity contribution is -0.141. The van der Waals surface area contributed by atoms with Crippen LogP contribution in [0.25, 0.3) is 10.8 Å². The Morgan fingerprint density at radius 2 is 1.55 bits per heavy atom. The summed E-state index contributed by atoms with van der Waals surface area (Å²) < 4.78 is 5.47. The Bertz CT molecular complexity index is 1530. The van der Waals surface area contributed by atoms with E-state index in [9.17, 15) is 19.2 Å². The fraction of sp³-hybridized carbons (Fsp3) is 0.474. The van der Waals surface area contributed by atoms with Gasteiger partial charge in [0, 0.05) is 18.7 Å². The number of unbranched alkanes of at least 4 members (excludes halogenated alkanes) is 5. The number of nitrogens with two attached hydrogens (primary N) is 1. The van der Waals surface area contributed by atoms with Gasteiger partial charge in [-0.1, -0.05) is 87.6 Å². The lowest BCUT2D eigenvalue weighted by atomic mass is 9.94. The molecule has 0 aliphatic carbocycles. The van der Waals surface area contributed by atoms with E-state index in [1.54, 1.807) is 25.7 Å². The van der Waals surface area contributed by atoms with Crippen molar-refractivity contribution >= 4 is 40.3 Å². The van der Waals surface area contributed by atoms with Crippen molar-refractivity contribution in [1.29, 1.82) is 0 Å². The number of ether oxygens (including phenoxy) is 1. The Hall–Kier alpha value is -4.40. The minimum Gasteiger partial charge on any atom is -0.444 e. The molecule has 2 atom stereocenters. The maximum absolute atomic E-state index is 14.6. The summed E-state index contributed by atoms with van der Waals surface area (Å²) >= 11 is 0. The monoisotopic (exact) mass is 644 g/mol. The molecule has 0 aliphatic rings. The molecule has 0 radical (unpaired) electrons. The molecule has 0 bridgehead atoms. The Morgan fingerprint density at radius 1 is 0.872 bits per heavy atom. The average molecular weight is 645 g/mol. The van der Waals surface area contributed by atoms with Gasteiger partial charge in [-0.05, 0) is 87.1 Å². The molecule has 3 aromatic rings. The number of nitrogens with zero attached hydrogens (tertiary/aromatic N) is 1. The fourth-order valence-corrected chi connectivity index (χ4v) is 5.62. The molecule has 4 amide bonds. The van der Waals surface area contributed by atoms with E-state index in [0.717, 1.165) is 54.0 Å². The zero-order valence-corrected chi connectivity index (χ0v) is 28.9. The van der Waals surface area contributed by atoms with Gasteiger partial charge in [0.25, 0.3) is 5.91 Å². The average Bonchev–Trinajstić information content (AvgIpc) is 3.00. The number of hydrogen-bond acceptors (Lipinski definition) is 5. The molecule has 9 nitrogen and oxygen atoms in total. The van der Waals surface area contributed by atoms with Gasteiger partial charge in [0.2, 0.25) is 11.8 Å². The highest BCUT2D eigenvalue weighted by molar-refractivity contribution is 6.00. The second-order valence-corrected chi connectivity index (χ2v) is 13.2. The molecule has 254 valence electrons.